The minimum Gasteiger partial charge on any atom is -0.497 e. The number of quaternary nitrogens is 1. The fourth-order valence-electron chi connectivity index (χ4n) is 2.92. The van der Waals surface area contributed by atoms with Gasteiger partial charge in [-0.05, 0) is 50.3 Å². The van der Waals surface area contributed by atoms with Gasteiger partial charge in [-0.3, -0.25) is 4.79 Å². The van der Waals surface area contributed by atoms with Crippen LogP contribution in [-0.2, 0) is 11.3 Å². The number of hydrogen-bond acceptors (Lipinski definition) is 2. The summed E-state index contributed by atoms with van der Waals surface area (Å²) >= 11 is 0. The number of ether oxygens (including phenoxy) is 1. The molecule has 21 heavy (non-hydrogen) atoms. The van der Waals surface area contributed by atoms with Gasteiger partial charge < -0.3 is 15.4 Å². The summed E-state index contributed by atoms with van der Waals surface area (Å²) in [5.41, 5.74) is 1.09. The molecular weight excluding hydrogens is 264 g/mol. The minimum absolute atomic E-state index is 0.00801. The van der Waals surface area contributed by atoms with Crippen molar-refractivity contribution in [2.24, 2.45) is 0 Å². The molecular formula is C17H27N2O2+. The Hall–Kier alpha value is -1.55. The van der Waals surface area contributed by atoms with Crippen molar-refractivity contribution in [2.75, 3.05) is 7.11 Å². The van der Waals surface area contributed by atoms with Crippen molar-refractivity contribution in [3.63, 3.8) is 0 Å². The SMILES string of the molecule is COc1ccc(CNC(=O)[C@@H](C)[NH2+]C2CCCCC2)cc1. The number of hydrogen-bond donors (Lipinski definition) is 2. The number of amides is 1. The molecule has 0 radical (unpaired) electrons. The smallest absolute Gasteiger partial charge is 0.278 e. The molecule has 1 saturated carbocycles. The second-order valence-electron chi connectivity index (χ2n) is 5.95. The first-order chi connectivity index (χ1) is 10.2. The Balaban J connectivity index is 1.74. The molecule has 1 atom stereocenters. The molecule has 4 heteroatoms. The number of rotatable bonds is 6. The molecule has 0 unspecified atom stereocenters. The normalized spacial score (nSPS) is 17.2. The van der Waals surface area contributed by atoms with Crippen LogP contribution in [0.2, 0.25) is 0 Å². The number of methoxy groups -OCH3 is 1. The minimum atomic E-state index is -0.00801. The van der Waals surface area contributed by atoms with Gasteiger partial charge in [-0.2, -0.15) is 0 Å². The lowest BCUT2D eigenvalue weighted by atomic mass is 9.95. The summed E-state index contributed by atoms with van der Waals surface area (Å²) in [6.07, 6.45) is 6.46. The van der Waals surface area contributed by atoms with Gasteiger partial charge in [0.05, 0.1) is 13.2 Å². The highest BCUT2D eigenvalue weighted by atomic mass is 16.5. The van der Waals surface area contributed by atoms with Gasteiger partial charge in [-0.1, -0.05) is 18.6 Å². The molecule has 116 valence electrons. The summed E-state index contributed by atoms with van der Waals surface area (Å²) < 4.78 is 5.13. The van der Waals surface area contributed by atoms with Crippen molar-refractivity contribution in [3.05, 3.63) is 29.8 Å². The molecule has 3 N–H and O–H groups in total. The third-order valence-corrected chi connectivity index (χ3v) is 4.25. The fourth-order valence-corrected chi connectivity index (χ4v) is 2.92. The van der Waals surface area contributed by atoms with E-state index in [2.05, 4.69) is 10.6 Å². The van der Waals surface area contributed by atoms with Crippen LogP contribution < -0.4 is 15.4 Å². The zero-order valence-corrected chi connectivity index (χ0v) is 13.1. The van der Waals surface area contributed by atoms with Crippen LogP contribution in [0.5, 0.6) is 5.75 Å². The molecule has 1 aliphatic rings. The fraction of sp³-hybridized carbons (Fsp3) is 0.588. The van der Waals surface area contributed by atoms with Gasteiger partial charge in [0, 0.05) is 6.54 Å². The van der Waals surface area contributed by atoms with Gasteiger partial charge in [0.1, 0.15) is 5.75 Å². The molecule has 1 amide bonds. The summed E-state index contributed by atoms with van der Waals surface area (Å²) in [7, 11) is 1.65. The highest BCUT2D eigenvalue weighted by Crippen LogP contribution is 2.14. The van der Waals surface area contributed by atoms with Crippen LogP contribution in [0.15, 0.2) is 24.3 Å². The molecule has 0 spiro atoms. The van der Waals surface area contributed by atoms with Crippen molar-refractivity contribution in [1.29, 1.82) is 0 Å². The molecule has 0 heterocycles. The van der Waals surface area contributed by atoms with E-state index in [4.69, 9.17) is 4.74 Å². The third-order valence-electron chi connectivity index (χ3n) is 4.25. The molecule has 1 aliphatic carbocycles. The van der Waals surface area contributed by atoms with Gasteiger partial charge in [-0.25, -0.2) is 0 Å². The van der Waals surface area contributed by atoms with E-state index in [1.807, 2.05) is 31.2 Å². The van der Waals surface area contributed by atoms with Crippen LogP contribution in [0.25, 0.3) is 0 Å². The molecule has 0 saturated heterocycles. The van der Waals surface area contributed by atoms with Crippen LogP contribution in [0.3, 0.4) is 0 Å². The van der Waals surface area contributed by atoms with Crippen LogP contribution in [0.1, 0.15) is 44.6 Å². The maximum atomic E-state index is 12.1. The zero-order valence-electron chi connectivity index (χ0n) is 13.1. The molecule has 0 aliphatic heterocycles. The Morgan fingerprint density at radius 2 is 1.95 bits per heavy atom. The summed E-state index contributed by atoms with van der Waals surface area (Å²) in [5, 5.41) is 5.25. The molecule has 1 aromatic carbocycles. The molecule has 2 rings (SSSR count). The summed E-state index contributed by atoms with van der Waals surface area (Å²) in [5.74, 6) is 0.959. The summed E-state index contributed by atoms with van der Waals surface area (Å²) in [6.45, 7) is 2.57. The summed E-state index contributed by atoms with van der Waals surface area (Å²) in [6, 6.07) is 8.41. The Morgan fingerprint density at radius 3 is 2.57 bits per heavy atom. The first-order valence-corrected chi connectivity index (χ1v) is 7.94. The predicted molar refractivity (Wildman–Crippen MR) is 83.1 cm³/mol. The van der Waals surface area contributed by atoms with Crippen LogP contribution in [0.4, 0.5) is 0 Å². The lowest BCUT2D eigenvalue weighted by Gasteiger charge is -2.23. The Morgan fingerprint density at radius 1 is 1.29 bits per heavy atom. The Bertz CT molecular complexity index is 439. The first kappa shape index (κ1) is 15.8. The molecule has 1 aromatic rings. The van der Waals surface area contributed by atoms with Gasteiger partial charge in [0.2, 0.25) is 0 Å². The van der Waals surface area contributed by atoms with Crippen LogP contribution in [0, 0.1) is 0 Å². The van der Waals surface area contributed by atoms with E-state index in [-0.39, 0.29) is 11.9 Å². The lowest BCUT2D eigenvalue weighted by Crippen LogP contribution is -2.96. The van der Waals surface area contributed by atoms with Gasteiger partial charge >= 0.3 is 0 Å². The molecule has 0 bridgehead atoms. The van der Waals surface area contributed by atoms with Gasteiger partial charge in [0.15, 0.2) is 6.04 Å². The predicted octanol–water partition coefficient (Wildman–Crippen LogP) is 1.60. The second kappa shape index (κ2) is 8.03. The second-order valence-corrected chi connectivity index (χ2v) is 5.95. The van der Waals surface area contributed by atoms with Crippen molar-refractivity contribution >= 4 is 5.91 Å². The monoisotopic (exact) mass is 291 g/mol. The largest absolute Gasteiger partial charge is 0.497 e. The van der Waals surface area contributed by atoms with Crippen molar-refractivity contribution in [3.8, 4) is 5.75 Å². The van der Waals surface area contributed by atoms with E-state index in [1.165, 1.54) is 32.1 Å². The maximum Gasteiger partial charge on any atom is 0.278 e. The van der Waals surface area contributed by atoms with E-state index in [0.717, 1.165) is 11.3 Å². The van der Waals surface area contributed by atoms with E-state index >= 15 is 0 Å². The quantitative estimate of drug-likeness (QED) is 0.836. The maximum absolute atomic E-state index is 12.1. The standard InChI is InChI=1S/C17H26N2O2/c1-13(19-15-6-4-3-5-7-15)17(20)18-12-14-8-10-16(21-2)11-9-14/h8-11,13,15,19H,3-7,12H2,1-2H3,(H,18,20)/p+1/t13-/m1/s1. The molecule has 4 nitrogen and oxygen atoms in total. The van der Waals surface area contributed by atoms with Crippen LogP contribution in [-0.4, -0.2) is 25.1 Å². The molecule has 0 aromatic heterocycles. The number of carbonyl (C=O) groups excluding carboxylic acids is 1. The number of nitrogens with two attached hydrogens (primary N) is 1. The highest BCUT2D eigenvalue weighted by molar-refractivity contribution is 5.79. The topological polar surface area (TPSA) is 54.9 Å². The van der Waals surface area contributed by atoms with E-state index in [9.17, 15) is 4.79 Å². The number of carbonyl (C=O) groups is 1. The van der Waals surface area contributed by atoms with E-state index in [0.29, 0.717) is 12.6 Å². The molecule has 1 fully saturated rings. The van der Waals surface area contributed by atoms with E-state index in [1.54, 1.807) is 7.11 Å². The third kappa shape index (κ3) is 5.05. The van der Waals surface area contributed by atoms with Crippen LogP contribution >= 0.6 is 0 Å². The van der Waals surface area contributed by atoms with Crippen molar-refractivity contribution < 1.29 is 14.8 Å². The van der Waals surface area contributed by atoms with Gasteiger partial charge in [-0.15, -0.1) is 0 Å². The lowest BCUT2D eigenvalue weighted by molar-refractivity contribution is -0.709. The summed E-state index contributed by atoms with van der Waals surface area (Å²) in [4.78, 5) is 12.1. The van der Waals surface area contributed by atoms with Crippen molar-refractivity contribution in [2.45, 2.75) is 57.7 Å². The van der Waals surface area contributed by atoms with Gasteiger partial charge in [0.25, 0.3) is 5.91 Å². The van der Waals surface area contributed by atoms with Crippen molar-refractivity contribution in [1.82, 2.24) is 5.32 Å². The Labute approximate surface area is 127 Å². The zero-order chi connectivity index (χ0) is 15.1. The average molecular weight is 291 g/mol. The average Bonchev–Trinajstić information content (AvgIpc) is 2.54. The Kier molecular flexibility index (Phi) is 6.05. The number of nitrogens with one attached hydrogen (secondary N) is 1. The van der Waals surface area contributed by atoms with E-state index < -0.39 is 0 Å². The number of benzene rings is 1. The first-order valence-electron chi connectivity index (χ1n) is 7.94. The highest BCUT2D eigenvalue weighted by Gasteiger charge is 2.23.